The number of likely N-dealkylation sites (tertiary alicyclic amines) is 1. The van der Waals surface area contributed by atoms with Gasteiger partial charge in [-0.15, -0.1) is 0 Å². The monoisotopic (exact) mass is 636 g/mol. The lowest BCUT2D eigenvalue weighted by atomic mass is 9.88. The van der Waals surface area contributed by atoms with E-state index in [0.29, 0.717) is 70.3 Å². The van der Waals surface area contributed by atoms with Crippen molar-refractivity contribution in [1.29, 1.82) is 0 Å². The smallest absolute Gasteiger partial charge is 0.306 e. The van der Waals surface area contributed by atoms with Crippen LogP contribution >= 0.6 is 0 Å². The quantitative estimate of drug-likeness (QED) is 0.308. The number of carboxylic acid groups (broad SMARTS) is 1. The number of halogens is 2. The number of amides is 1. The van der Waals surface area contributed by atoms with Crippen LogP contribution in [0.3, 0.4) is 0 Å². The number of anilines is 2. The van der Waals surface area contributed by atoms with Crippen LogP contribution in [0.5, 0.6) is 0 Å². The van der Waals surface area contributed by atoms with Crippen molar-refractivity contribution < 1.29 is 28.2 Å². The number of aliphatic carboxylic acids is 1. The molecule has 246 valence electrons. The van der Waals surface area contributed by atoms with Crippen LogP contribution < -0.4 is 15.5 Å². The van der Waals surface area contributed by atoms with Gasteiger partial charge < -0.3 is 29.5 Å². The highest BCUT2D eigenvalue weighted by Crippen LogP contribution is 2.36. The summed E-state index contributed by atoms with van der Waals surface area (Å²) in [6, 6.07) is 10.0. The third-order valence-electron chi connectivity index (χ3n) is 9.60. The second-order valence-electron chi connectivity index (χ2n) is 12.8. The molecule has 0 aliphatic carbocycles. The first-order valence-corrected chi connectivity index (χ1v) is 16.1. The Morgan fingerprint density at radius 2 is 1.96 bits per heavy atom. The standard InChI is InChI=1S/C34H42F2N6O4/c1-22-2-3-24(31(16-22)41-12-6-23(7-13-41)33(44)45)18-42-14-9-38-34(42)39-32(43)29-20-40(11-8-26-21-46-15-10-37-26)19-28(29)27-5-4-25(35)17-30(27)36/h2-5,9,14,16-17,23,26,28-29,37H,6-8,10-13,15,18-21H2,1H3,(H,44,45)(H,38,39,43)/t26-,28-,29+/m0/s1. The lowest BCUT2D eigenvalue weighted by Crippen LogP contribution is -2.43. The molecule has 3 fully saturated rings. The minimum absolute atomic E-state index is 0.227. The highest BCUT2D eigenvalue weighted by atomic mass is 19.1. The average Bonchev–Trinajstić information content (AvgIpc) is 3.68. The van der Waals surface area contributed by atoms with Gasteiger partial charge in [0.25, 0.3) is 0 Å². The molecule has 46 heavy (non-hydrogen) atoms. The topological polar surface area (TPSA) is 112 Å². The van der Waals surface area contributed by atoms with E-state index in [4.69, 9.17) is 4.74 Å². The fraction of sp³-hybridized carbons (Fsp3) is 0.500. The minimum Gasteiger partial charge on any atom is -0.481 e. The van der Waals surface area contributed by atoms with Gasteiger partial charge in [-0.3, -0.25) is 14.9 Å². The van der Waals surface area contributed by atoms with Gasteiger partial charge in [0, 0.05) is 68.8 Å². The van der Waals surface area contributed by atoms with Gasteiger partial charge in [-0.25, -0.2) is 13.8 Å². The van der Waals surface area contributed by atoms with Crippen LogP contribution in [0.15, 0.2) is 48.8 Å². The highest BCUT2D eigenvalue weighted by Gasteiger charge is 2.40. The zero-order valence-electron chi connectivity index (χ0n) is 26.1. The van der Waals surface area contributed by atoms with E-state index < -0.39 is 29.4 Å². The molecule has 10 nitrogen and oxygen atoms in total. The number of morpholine rings is 1. The van der Waals surface area contributed by atoms with Gasteiger partial charge >= 0.3 is 5.97 Å². The maximum atomic E-state index is 15.0. The van der Waals surface area contributed by atoms with E-state index >= 15 is 4.39 Å². The van der Waals surface area contributed by atoms with E-state index in [0.717, 1.165) is 42.4 Å². The average molecular weight is 637 g/mol. The van der Waals surface area contributed by atoms with E-state index in [1.807, 2.05) is 23.8 Å². The number of hydrogen-bond acceptors (Lipinski definition) is 7. The summed E-state index contributed by atoms with van der Waals surface area (Å²) >= 11 is 0. The molecule has 3 saturated heterocycles. The zero-order valence-corrected chi connectivity index (χ0v) is 26.1. The number of carbonyl (C=O) groups is 2. The van der Waals surface area contributed by atoms with Crippen molar-refractivity contribution in [2.24, 2.45) is 11.8 Å². The molecule has 0 saturated carbocycles. The summed E-state index contributed by atoms with van der Waals surface area (Å²) in [5.74, 6) is -3.24. The Balaban J connectivity index is 1.17. The Bertz CT molecular complexity index is 1540. The number of imidazole rings is 1. The van der Waals surface area contributed by atoms with Crippen molar-refractivity contribution in [3.05, 3.63) is 77.1 Å². The van der Waals surface area contributed by atoms with Crippen molar-refractivity contribution in [2.75, 3.05) is 62.7 Å². The number of rotatable bonds is 10. The second kappa shape index (κ2) is 14.3. The number of aryl methyl sites for hydroxylation is 1. The first kappa shape index (κ1) is 32.1. The predicted octanol–water partition coefficient (Wildman–Crippen LogP) is 3.85. The number of ether oxygens (including phenoxy) is 1. The molecule has 12 heteroatoms. The molecule has 0 spiro atoms. The van der Waals surface area contributed by atoms with Crippen LogP contribution in [-0.2, 0) is 20.9 Å². The number of nitrogens with one attached hydrogen (secondary N) is 2. The molecule has 0 unspecified atom stereocenters. The van der Waals surface area contributed by atoms with Crippen LogP contribution in [0.25, 0.3) is 0 Å². The summed E-state index contributed by atoms with van der Waals surface area (Å²) in [6.45, 7) is 7.58. The van der Waals surface area contributed by atoms with Crippen LogP contribution in [0, 0.1) is 30.4 Å². The van der Waals surface area contributed by atoms with Gasteiger partial charge in [-0.1, -0.05) is 18.2 Å². The number of carbonyl (C=O) groups excluding carboxylic acids is 1. The summed E-state index contributed by atoms with van der Waals surface area (Å²) in [6.07, 6.45) is 5.47. The normalized spacial score (nSPS) is 22.7. The molecule has 3 aliphatic heterocycles. The SMILES string of the molecule is Cc1ccc(Cn2ccnc2NC(=O)[C@@H]2CN(CC[C@H]3COCCN3)C[C@H]2c2ccc(F)cc2F)c(N2CCC(C(=O)O)CC2)c1. The van der Waals surface area contributed by atoms with Crippen LogP contribution in [-0.4, -0.2) is 90.0 Å². The van der Waals surface area contributed by atoms with E-state index in [-0.39, 0.29) is 17.9 Å². The molecule has 6 rings (SSSR count). The van der Waals surface area contributed by atoms with Gasteiger partial charge in [-0.05, 0) is 61.6 Å². The maximum Gasteiger partial charge on any atom is 0.306 e. The fourth-order valence-electron chi connectivity index (χ4n) is 7.01. The van der Waals surface area contributed by atoms with Crippen molar-refractivity contribution >= 4 is 23.5 Å². The highest BCUT2D eigenvalue weighted by molar-refractivity contribution is 5.92. The number of carboxylic acids is 1. The molecule has 3 aromatic rings. The summed E-state index contributed by atoms with van der Waals surface area (Å²) in [4.78, 5) is 34.3. The van der Waals surface area contributed by atoms with Gasteiger partial charge in [0.1, 0.15) is 11.6 Å². The molecular weight excluding hydrogens is 594 g/mol. The maximum absolute atomic E-state index is 15.0. The van der Waals surface area contributed by atoms with E-state index in [1.54, 1.807) is 6.20 Å². The lowest BCUT2D eigenvalue weighted by molar-refractivity contribution is -0.142. The van der Waals surface area contributed by atoms with Crippen molar-refractivity contribution in [1.82, 2.24) is 19.8 Å². The molecule has 2 aromatic carbocycles. The van der Waals surface area contributed by atoms with E-state index in [2.05, 4.69) is 37.6 Å². The molecule has 1 amide bonds. The van der Waals surface area contributed by atoms with Crippen molar-refractivity contribution in [2.45, 2.75) is 44.7 Å². The van der Waals surface area contributed by atoms with E-state index in [9.17, 15) is 19.1 Å². The molecule has 1 aromatic heterocycles. The third-order valence-corrected chi connectivity index (χ3v) is 9.60. The molecule has 0 bridgehead atoms. The zero-order chi connectivity index (χ0) is 32.2. The Labute approximate surface area is 267 Å². The van der Waals surface area contributed by atoms with Gasteiger partial charge in [0.05, 0.1) is 31.6 Å². The van der Waals surface area contributed by atoms with Crippen LogP contribution in [0.1, 0.15) is 41.9 Å². The number of benzene rings is 2. The van der Waals surface area contributed by atoms with Crippen LogP contribution in [0.4, 0.5) is 20.4 Å². The van der Waals surface area contributed by atoms with Gasteiger partial charge in [-0.2, -0.15) is 0 Å². The summed E-state index contributed by atoms with van der Waals surface area (Å²) in [5.41, 5.74) is 3.52. The number of piperidine rings is 1. The Hall–Kier alpha value is -3.87. The first-order chi connectivity index (χ1) is 22.2. The molecule has 0 radical (unpaired) electrons. The summed E-state index contributed by atoms with van der Waals surface area (Å²) in [7, 11) is 0. The lowest BCUT2D eigenvalue weighted by Gasteiger charge is -2.33. The van der Waals surface area contributed by atoms with Gasteiger partial charge in [0.2, 0.25) is 11.9 Å². The van der Waals surface area contributed by atoms with E-state index in [1.165, 1.54) is 12.1 Å². The number of nitrogens with zero attached hydrogens (tertiary/aromatic N) is 4. The first-order valence-electron chi connectivity index (χ1n) is 16.1. The molecular formula is C34H42F2N6O4. The largest absolute Gasteiger partial charge is 0.481 e. The summed E-state index contributed by atoms with van der Waals surface area (Å²) < 4.78 is 36.3. The molecule has 3 aliphatic rings. The fourth-order valence-corrected chi connectivity index (χ4v) is 7.01. The second-order valence-corrected chi connectivity index (χ2v) is 12.8. The van der Waals surface area contributed by atoms with Crippen molar-refractivity contribution in [3.63, 3.8) is 0 Å². The predicted molar refractivity (Wildman–Crippen MR) is 170 cm³/mol. The Kier molecular flexibility index (Phi) is 9.95. The van der Waals surface area contributed by atoms with Gasteiger partial charge in [0.15, 0.2) is 0 Å². The molecule has 4 heterocycles. The number of aromatic nitrogens is 2. The molecule has 3 atom stereocenters. The summed E-state index contributed by atoms with van der Waals surface area (Å²) in [5, 5.41) is 15.9. The minimum atomic E-state index is -0.742. The number of hydrogen-bond donors (Lipinski definition) is 3. The molecule has 3 N–H and O–H groups in total. The Morgan fingerprint density at radius 3 is 2.70 bits per heavy atom. The Morgan fingerprint density at radius 1 is 1.13 bits per heavy atom. The van der Waals surface area contributed by atoms with Crippen LogP contribution in [0.2, 0.25) is 0 Å². The third kappa shape index (κ3) is 7.40. The van der Waals surface area contributed by atoms with Crippen molar-refractivity contribution in [3.8, 4) is 0 Å².